The minimum absolute atomic E-state index is 0. The summed E-state index contributed by atoms with van der Waals surface area (Å²) in [4.78, 5) is 12.8. The smallest absolute Gasteiger partial charge is 0.248 e. The lowest BCUT2D eigenvalue weighted by Crippen LogP contribution is -2.55. The van der Waals surface area contributed by atoms with E-state index in [0.29, 0.717) is 49.8 Å². The molecule has 1 amide bonds. The van der Waals surface area contributed by atoms with Gasteiger partial charge in [-0.15, -0.1) is 12.4 Å². The molecule has 0 radical (unpaired) electrons. The summed E-state index contributed by atoms with van der Waals surface area (Å²) in [5, 5.41) is 6.85. The average molecular weight is 421 g/mol. The van der Waals surface area contributed by atoms with Crippen LogP contribution < -0.4 is 11.1 Å². The van der Waals surface area contributed by atoms with Crippen LogP contribution in [0.1, 0.15) is 44.1 Å². The van der Waals surface area contributed by atoms with Crippen molar-refractivity contribution in [3.05, 3.63) is 11.5 Å². The Bertz CT molecular complexity index is 765. The first-order valence-electron chi connectivity index (χ1n) is 9.14. The van der Waals surface area contributed by atoms with Crippen LogP contribution in [0.4, 0.5) is 0 Å². The normalized spacial score (nSPS) is 21.3. The first kappa shape index (κ1) is 22.1. The van der Waals surface area contributed by atoms with Gasteiger partial charge in [-0.1, -0.05) is 5.16 Å². The number of nitrogens with zero attached hydrogens (tertiary/aromatic N) is 2. The van der Waals surface area contributed by atoms with Crippen molar-refractivity contribution >= 4 is 28.3 Å². The number of piperidine rings is 1. The molecule has 3 N–H and O–H groups in total. The average Bonchev–Trinajstić information content (AvgIpc) is 3.40. The summed E-state index contributed by atoms with van der Waals surface area (Å²) in [6.45, 7) is 6.26. The van der Waals surface area contributed by atoms with Gasteiger partial charge in [-0.3, -0.25) is 4.79 Å². The van der Waals surface area contributed by atoms with Crippen molar-refractivity contribution in [2.75, 3.05) is 19.6 Å². The maximum absolute atomic E-state index is 12.8. The second-order valence-corrected chi connectivity index (χ2v) is 9.59. The Labute approximate surface area is 166 Å². The van der Waals surface area contributed by atoms with Crippen molar-refractivity contribution < 1.29 is 17.7 Å². The molecule has 0 aromatic carbocycles. The molecule has 1 aliphatic carbocycles. The molecule has 8 nitrogen and oxygen atoms in total. The molecule has 154 valence electrons. The van der Waals surface area contributed by atoms with Gasteiger partial charge >= 0.3 is 0 Å². The van der Waals surface area contributed by atoms with Gasteiger partial charge in [-0.05, 0) is 52.4 Å². The van der Waals surface area contributed by atoms with E-state index in [1.54, 1.807) is 13.8 Å². The van der Waals surface area contributed by atoms with Gasteiger partial charge in [-0.2, -0.15) is 4.31 Å². The van der Waals surface area contributed by atoms with Crippen LogP contribution in [0.2, 0.25) is 0 Å². The van der Waals surface area contributed by atoms with Crippen molar-refractivity contribution in [1.29, 1.82) is 0 Å². The molecule has 2 fully saturated rings. The van der Waals surface area contributed by atoms with Crippen LogP contribution in [0.25, 0.3) is 0 Å². The second kappa shape index (κ2) is 8.06. The van der Waals surface area contributed by atoms with E-state index < -0.39 is 10.0 Å². The maximum Gasteiger partial charge on any atom is 0.248 e. The summed E-state index contributed by atoms with van der Waals surface area (Å²) in [5.74, 6) is 0.553. The number of hydrogen-bond donors (Lipinski definition) is 2. The zero-order chi connectivity index (χ0) is 19.1. The van der Waals surface area contributed by atoms with E-state index >= 15 is 0 Å². The van der Waals surface area contributed by atoms with Crippen molar-refractivity contribution in [2.24, 2.45) is 17.6 Å². The molecule has 1 aromatic heterocycles. The number of nitrogens with one attached hydrogen (secondary N) is 1. The molecule has 10 heteroatoms. The molecule has 1 saturated carbocycles. The van der Waals surface area contributed by atoms with Crippen LogP contribution in [0.5, 0.6) is 0 Å². The van der Waals surface area contributed by atoms with Gasteiger partial charge in [0.15, 0.2) is 5.76 Å². The highest BCUT2D eigenvalue weighted by atomic mass is 35.5. The zero-order valence-corrected chi connectivity index (χ0v) is 17.7. The van der Waals surface area contributed by atoms with Gasteiger partial charge in [0.05, 0.1) is 5.54 Å². The fraction of sp³-hybridized carbons (Fsp3) is 0.765. The number of carbonyl (C=O) groups excluding carboxylic acids is 1. The summed E-state index contributed by atoms with van der Waals surface area (Å²) in [7, 11) is -3.65. The number of rotatable bonds is 6. The van der Waals surface area contributed by atoms with E-state index in [4.69, 9.17) is 10.3 Å². The second-order valence-electron chi connectivity index (χ2n) is 7.72. The van der Waals surface area contributed by atoms with Gasteiger partial charge in [0.2, 0.25) is 15.9 Å². The van der Waals surface area contributed by atoms with Gasteiger partial charge in [-0.25, -0.2) is 8.42 Å². The van der Waals surface area contributed by atoms with Gasteiger partial charge < -0.3 is 15.6 Å². The Morgan fingerprint density at radius 1 is 1.30 bits per heavy atom. The largest absolute Gasteiger partial charge is 0.360 e. The van der Waals surface area contributed by atoms with Crippen molar-refractivity contribution in [1.82, 2.24) is 14.8 Å². The Kier molecular flexibility index (Phi) is 6.61. The first-order valence-corrected chi connectivity index (χ1v) is 10.6. The number of carbonyl (C=O) groups is 1. The van der Waals surface area contributed by atoms with Gasteiger partial charge in [0, 0.05) is 25.6 Å². The SMILES string of the molecule is Cc1noc(C)c1S(=O)(=O)N1CCC(C(=O)NC(C)(CN)C2CC2)CC1.Cl. The molecule has 1 atom stereocenters. The number of amides is 1. The number of sulfonamides is 1. The van der Waals surface area contributed by atoms with Gasteiger partial charge in [0.1, 0.15) is 10.6 Å². The van der Waals surface area contributed by atoms with E-state index in [-0.39, 0.29) is 34.7 Å². The Hall–Kier alpha value is -1.16. The molecule has 3 rings (SSSR count). The molecule has 2 heterocycles. The summed E-state index contributed by atoms with van der Waals surface area (Å²) < 4.78 is 32.1. The summed E-state index contributed by atoms with van der Waals surface area (Å²) >= 11 is 0. The predicted molar refractivity (Wildman–Crippen MR) is 103 cm³/mol. The van der Waals surface area contributed by atoms with Crippen LogP contribution in [0.3, 0.4) is 0 Å². The van der Waals surface area contributed by atoms with E-state index in [0.717, 1.165) is 12.8 Å². The molecule has 1 saturated heterocycles. The van der Waals surface area contributed by atoms with E-state index in [1.165, 1.54) is 4.31 Å². The number of halogens is 1. The Morgan fingerprint density at radius 3 is 2.33 bits per heavy atom. The summed E-state index contributed by atoms with van der Waals surface area (Å²) in [5.41, 5.74) is 5.89. The Balaban J connectivity index is 0.00000261. The molecule has 0 spiro atoms. The maximum atomic E-state index is 12.8. The quantitative estimate of drug-likeness (QED) is 0.717. The Morgan fingerprint density at radius 2 is 1.89 bits per heavy atom. The molecule has 27 heavy (non-hydrogen) atoms. The standard InChI is InChI=1S/C17H28N4O4S.ClH/c1-11-15(12(2)25-20-11)26(23,24)21-8-6-13(7-9-21)16(22)19-17(3,10-18)14-4-5-14;/h13-14H,4-10,18H2,1-3H3,(H,19,22);1H. The number of nitrogens with two attached hydrogens (primary N) is 1. The minimum atomic E-state index is -3.65. The third-order valence-electron chi connectivity index (χ3n) is 5.70. The zero-order valence-electron chi connectivity index (χ0n) is 16.0. The van der Waals surface area contributed by atoms with E-state index in [1.807, 2.05) is 6.92 Å². The molecule has 1 aliphatic heterocycles. The van der Waals surface area contributed by atoms with Crippen molar-refractivity contribution in [3.8, 4) is 0 Å². The number of aromatic nitrogens is 1. The third-order valence-corrected chi connectivity index (χ3v) is 7.85. The lowest BCUT2D eigenvalue weighted by molar-refractivity contribution is -0.128. The highest BCUT2D eigenvalue weighted by molar-refractivity contribution is 7.89. The molecular formula is C17H29ClN4O4S. The number of aryl methyl sites for hydroxylation is 2. The number of hydrogen-bond acceptors (Lipinski definition) is 6. The van der Waals surface area contributed by atoms with Crippen LogP contribution in [0.15, 0.2) is 9.42 Å². The van der Waals surface area contributed by atoms with Crippen molar-refractivity contribution in [3.63, 3.8) is 0 Å². The third kappa shape index (κ3) is 4.31. The van der Waals surface area contributed by atoms with Gasteiger partial charge in [0.25, 0.3) is 0 Å². The predicted octanol–water partition coefficient (Wildman–Crippen LogP) is 1.36. The fourth-order valence-corrected chi connectivity index (χ4v) is 5.51. The monoisotopic (exact) mass is 420 g/mol. The van der Waals surface area contributed by atoms with E-state index in [9.17, 15) is 13.2 Å². The summed E-state index contributed by atoms with van der Waals surface area (Å²) in [6.07, 6.45) is 3.20. The molecular weight excluding hydrogens is 392 g/mol. The highest BCUT2D eigenvalue weighted by Gasteiger charge is 2.43. The molecule has 1 aromatic rings. The lowest BCUT2D eigenvalue weighted by atomic mass is 9.92. The van der Waals surface area contributed by atoms with Crippen LogP contribution in [-0.2, 0) is 14.8 Å². The van der Waals surface area contributed by atoms with Crippen LogP contribution in [-0.4, -0.2) is 49.0 Å². The molecule has 0 bridgehead atoms. The summed E-state index contributed by atoms with van der Waals surface area (Å²) in [6, 6.07) is 0. The highest BCUT2D eigenvalue weighted by Crippen LogP contribution is 2.39. The van der Waals surface area contributed by atoms with Crippen molar-refractivity contribution in [2.45, 2.75) is 56.9 Å². The molecule has 1 unspecified atom stereocenters. The topological polar surface area (TPSA) is 119 Å². The van der Waals surface area contributed by atoms with Crippen LogP contribution >= 0.6 is 12.4 Å². The first-order chi connectivity index (χ1) is 12.2. The molecule has 2 aliphatic rings. The minimum Gasteiger partial charge on any atom is -0.360 e. The lowest BCUT2D eigenvalue weighted by Gasteiger charge is -2.34. The van der Waals surface area contributed by atoms with Crippen LogP contribution in [0, 0.1) is 25.7 Å². The fourth-order valence-electron chi connectivity index (χ4n) is 3.75. The van der Waals surface area contributed by atoms with E-state index in [2.05, 4.69) is 10.5 Å².